The molecule has 0 aliphatic heterocycles. The van der Waals surface area contributed by atoms with Crippen LogP contribution < -0.4 is 0 Å². The lowest BCUT2D eigenvalue weighted by Crippen LogP contribution is -2.52. The second-order valence-corrected chi connectivity index (χ2v) is 10.9. The van der Waals surface area contributed by atoms with Crippen LogP contribution in [0, 0.1) is 5.95 Å². The Labute approximate surface area is 220 Å². The van der Waals surface area contributed by atoms with Crippen LogP contribution in [0.5, 0.6) is 0 Å². The van der Waals surface area contributed by atoms with Crippen LogP contribution in [0.25, 0.3) is 21.3 Å². The van der Waals surface area contributed by atoms with Crippen molar-refractivity contribution in [1.82, 2.24) is 25.1 Å². The quantitative estimate of drug-likeness (QED) is 0.206. The summed E-state index contributed by atoms with van der Waals surface area (Å²) in [4.78, 5) is 20.7. The number of carboxylic acid groups (broad SMARTS) is 1. The van der Waals surface area contributed by atoms with Gasteiger partial charge in [-0.3, -0.25) is 4.98 Å². The van der Waals surface area contributed by atoms with Crippen LogP contribution in [0.4, 0.5) is 22.4 Å². The van der Waals surface area contributed by atoms with Gasteiger partial charge >= 0.3 is 12.3 Å². The summed E-state index contributed by atoms with van der Waals surface area (Å²) >= 11 is 1.34. The van der Waals surface area contributed by atoms with Crippen molar-refractivity contribution >= 4 is 28.2 Å². The first-order valence-corrected chi connectivity index (χ1v) is 12.6. The molecule has 4 rings (SSSR count). The number of hydrogen-bond donors (Lipinski definition) is 1. The number of fused-ring (bicyclic) bond motifs is 1. The van der Waals surface area contributed by atoms with Gasteiger partial charge in [-0.25, -0.2) is 9.78 Å². The molecule has 0 bridgehead atoms. The Balaban J connectivity index is 1.55. The Morgan fingerprint density at radius 3 is 2.42 bits per heavy atom. The molecule has 0 aliphatic carbocycles. The van der Waals surface area contributed by atoms with Crippen molar-refractivity contribution in [2.24, 2.45) is 0 Å². The third kappa shape index (κ3) is 6.42. The highest BCUT2D eigenvalue weighted by Crippen LogP contribution is 2.30. The molecule has 38 heavy (non-hydrogen) atoms. The number of hydrogen-bond acceptors (Lipinski definition) is 6. The molecule has 200 valence electrons. The van der Waals surface area contributed by atoms with Gasteiger partial charge in [-0.2, -0.15) is 17.6 Å². The van der Waals surface area contributed by atoms with E-state index in [1.165, 1.54) is 34.6 Å². The number of pyridine rings is 2. The number of rotatable bonds is 7. The Hall–Kier alpha value is -3.67. The number of benzene rings is 1. The number of alkyl halides is 3. The Kier molecular flexibility index (Phi) is 7.63. The number of aromatic nitrogens is 4. The Morgan fingerprint density at radius 1 is 1.03 bits per heavy atom. The SMILES string of the molecule is CC(C)(C)N(C(=O)O)[C@H](CCc1nnc(-c2ccc3cnc(F)cc3c2)s1)Cc1ccc(C(F)(F)F)nc1. The molecule has 7 nitrogen and oxygen atoms in total. The van der Waals surface area contributed by atoms with Crippen LogP contribution >= 0.6 is 11.3 Å². The normalized spacial score (nSPS) is 13.0. The van der Waals surface area contributed by atoms with Crippen molar-refractivity contribution in [3.05, 3.63) is 71.0 Å². The van der Waals surface area contributed by atoms with Crippen molar-refractivity contribution in [1.29, 1.82) is 0 Å². The van der Waals surface area contributed by atoms with Crippen LogP contribution in [0.15, 0.2) is 48.8 Å². The first kappa shape index (κ1) is 27.4. The highest BCUT2D eigenvalue weighted by Gasteiger charge is 2.35. The first-order valence-electron chi connectivity index (χ1n) is 11.7. The van der Waals surface area contributed by atoms with Gasteiger partial charge in [-0.15, -0.1) is 10.2 Å². The molecule has 0 spiro atoms. The lowest BCUT2D eigenvalue weighted by Gasteiger charge is -2.40. The van der Waals surface area contributed by atoms with Crippen LogP contribution in [0.3, 0.4) is 0 Å². The summed E-state index contributed by atoms with van der Waals surface area (Å²) in [6, 6.07) is 8.49. The Morgan fingerprint density at radius 2 is 1.79 bits per heavy atom. The van der Waals surface area contributed by atoms with Crippen molar-refractivity contribution < 1.29 is 27.5 Å². The van der Waals surface area contributed by atoms with Gasteiger partial charge in [0, 0.05) is 47.4 Å². The summed E-state index contributed by atoms with van der Waals surface area (Å²) in [6.45, 7) is 5.29. The summed E-state index contributed by atoms with van der Waals surface area (Å²) in [7, 11) is 0. The molecule has 1 amide bonds. The maximum atomic E-state index is 13.5. The molecule has 0 saturated carbocycles. The van der Waals surface area contributed by atoms with Gasteiger partial charge in [0.2, 0.25) is 5.95 Å². The largest absolute Gasteiger partial charge is 0.465 e. The second-order valence-electron chi connectivity index (χ2n) is 9.84. The van der Waals surface area contributed by atoms with Gasteiger partial charge in [0.15, 0.2) is 0 Å². The molecule has 1 N–H and O–H groups in total. The minimum absolute atomic E-state index is 0.185. The average Bonchev–Trinajstić information content (AvgIpc) is 3.30. The van der Waals surface area contributed by atoms with Crippen LogP contribution in [-0.2, 0) is 19.0 Å². The zero-order chi connectivity index (χ0) is 27.7. The van der Waals surface area contributed by atoms with Gasteiger partial charge < -0.3 is 10.0 Å². The number of carbonyl (C=O) groups is 1. The van der Waals surface area contributed by atoms with Gasteiger partial charge in [0.1, 0.15) is 15.7 Å². The van der Waals surface area contributed by atoms with E-state index in [1.807, 2.05) is 12.1 Å². The number of nitrogens with zero attached hydrogens (tertiary/aromatic N) is 5. The highest BCUT2D eigenvalue weighted by atomic mass is 32.1. The van der Waals surface area contributed by atoms with E-state index >= 15 is 0 Å². The summed E-state index contributed by atoms with van der Waals surface area (Å²) < 4.78 is 52.3. The predicted octanol–water partition coefficient (Wildman–Crippen LogP) is 6.63. The average molecular weight is 548 g/mol. The molecule has 12 heteroatoms. The molecule has 3 aromatic heterocycles. The Bertz CT molecular complexity index is 1430. The molecule has 0 aliphatic rings. The fourth-order valence-corrected chi connectivity index (χ4v) is 5.16. The van der Waals surface area contributed by atoms with E-state index in [4.69, 9.17) is 0 Å². The molecule has 3 heterocycles. The minimum Gasteiger partial charge on any atom is -0.465 e. The lowest BCUT2D eigenvalue weighted by molar-refractivity contribution is -0.141. The molecular formula is C26H25F4N5O2S. The van der Waals surface area contributed by atoms with Crippen LogP contribution in [0.2, 0.25) is 0 Å². The van der Waals surface area contributed by atoms with E-state index in [1.54, 1.807) is 26.8 Å². The minimum atomic E-state index is -4.55. The van der Waals surface area contributed by atoms with Crippen molar-refractivity contribution in [2.45, 2.75) is 57.8 Å². The molecule has 4 aromatic rings. The fourth-order valence-electron chi connectivity index (χ4n) is 4.31. The monoisotopic (exact) mass is 547 g/mol. The summed E-state index contributed by atoms with van der Waals surface area (Å²) in [5.41, 5.74) is -0.495. The third-order valence-corrected chi connectivity index (χ3v) is 7.01. The molecule has 0 radical (unpaired) electrons. The summed E-state index contributed by atoms with van der Waals surface area (Å²) in [6.07, 6.45) is -2.13. The highest BCUT2D eigenvalue weighted by molar-refractivity contribution is 7.14. The smallest absolute Gasteiger partial charge is 0.433 e. The van der Waals surface area contributed by atoms with Crippen molar-refractivity contribution in [3.8, 4) is 10.6 Å². The molecular weight excluding hydrogens is 522 g/mol. The standard InChI is InChI=1S/C26H25F4N5O2S/c1-25(2,3)35(24(36)37)19(10-15-4-8-20(31-13-15)26(28,29)30)7-9-22-33-34-23(38-22)16-5-6-17-14-32-21(27)12-18(17)11-16/h4-6,8,11-14,19H,7,9-10H2,1-3H3,(H,36,37)/t19-/m1/s1. The topological polar surface area (TPSA) is 92.1 Å². The zero-order valence-corrected chi connectivity index (χ0v) is 21.6. The third-order valence-electron chi connectivity index (χ3n) is 5.97. The lowest BCUT2D eigenvalue weighted by atomic mass is 9.96. The van der Waals surface area contributed by atoms with E-state index in [2.05, 4.69) is 20.2 Å². The molecule has 0 saturated heterocycles. The van der Waals surface area contributed by atoms with Gasteiger partial charge in [0.25, 0.3) is 0 Å². The molecule has 1 atom stereocenters. The maximum Gasteiger partial charge on any atom is 0.433 e. The number of aryl methyl sites for hydroxylation is 1. The predicted molar refractivity (Wildman–Crippen MR) is 135 cm³/mol. The zero-order valence-electron chi connectivity index (χ0n) is 20.8. The summed E-state index contributed by atoms with van der Waals surface area (Å²) in [5.74, 6) is -0.580. The van der Waals surface area contributed by atoms with Crippen molar-refractivity contribution in [2.75, 3.05) is 0 Å². The molecule has 0 unspecified atom stereocenters. The van der Waals surface area contributed by atoms with E-state index in [0.717, 1.165) is 23.2 Å². The van der Waals surface area contributed by atoms with Gasteiger partial charge in [-0.1, -0.05) is 29.5 Å². The number of halogens is 4. The first-order chi connectivity index (χ1) is 17.8. The summed E-state index contributed by atoms with van der Waals surface area (Å²) in [5, 5.41) is 21.3. The number of amides is 1. The molecule has 0 fully saturated rings. The van der Waals surface area contributed by atoms with E-state index in [0.29, 0.717) is 33.8 Å². The van der Waals surface area contributed by atoms with E-state index in [9.17, 15) is 27.5 Å². The maximum absolute atomic E-state index is 13.5. The second kappa shape index (κ2) is 10.6. The van der Waals surface area contributed by atoms with Crippen LogP contribution in [-0.4, -0.2) is 47.8 Å². The van der Waals surface area contributed by atoms with Gasteiger partial charge in [-0.05, 0) is 56.7 Å². The van der Waals surface area contributed by atoms with E-state index in [-0.39, 0.29) is 6.42 Å². The fraction of sp³-hybridized carbons (Fsp3) is 0.346. The van der Waals surface area contributed by atoms with E-state index < -0.39 is 35.5 Å². The molecule has 1 aromatic carbocycles. The van der Waals surface area contributed by atoms with Gasteiger partial charge in [0.05, 0.1) is 0 Å². The van der Waals surface area contributed by atoms with Crippen molar-refractivity contribution in [3.63, 3.8) is 0 Å². The van der Waals surface area contributed by atoms with Crippen LogP contribution in [0.1, 0.15) is 43.5 Å².